The van der Waals surface area contributed by atoms with Gasteiger partial charge in [-0.15, -0.1) is 0 Å². The first-order valence-electron chi connectivity index (χ1n) is 4.35. The lowest BCUT2D eigenvalue weighted by atomic mass is 9.88. The number of allylic oxidation sites excluding steroid dienone is 2. The smallest absolute Gasteiger partial charge is 0.221 e. The first-order valence-corrected chi connectivity index (χ1v) is 4.35. The van der Waals surface area contributed by atoms with Gasteiger partial charge in [0.15, 0.2) is 5.78 Å². The van der Waals surface area contributed by atoms with Gasteiger partial charge in [0.1, 0.15) is 0 Å². The number of nitrogens with one attached hydrogen (secondary N) is 1. The Morgan fingerprint density at radius 2 is 2.23 bits per heavy atom. The maximum absolute atomic E-state index is 11.1. The Morgan fingerprint density at radius 3 is 2.77 bits per heavy atom. The van der Waals surface area contributed by atoms with Crippen LogP contribution in [0, 0.1) is 0 Å². The lowest BCUT2D eigenvalue weighted by Crippen LogP contribution is -2.39. The van der Waals surface area contributed by atoms with E-state index in [2.05, 4.69) is 5.32 Å². The second-order valence-electron chi connectivity index (χ2n) is 3.61. The van der Waals surface area contributed by atoms with Gasteiger partial charge in [-0.1, -0.05) is 6.08 Å². The fraction of sp³-hybridized carbons (Fsp3) is 0.400. The minimum absolute atomic E-state index is 0.0340. The molecule has 1 amide bonds. The van der Waals surface area contributed by atoms with Crippen molar-refractivity contribution in [2.75, 3.05) is 0 Å². The first-order chi connectivity index (χ1) is 6.11. The Bertz CT molecular complexity index is 341. The monoisotopic (exact) mass is 177 g/mol. The summed E-state index contributed by atoms with van der Waals surface area (Å²) in [5.41, 5.74) is 0.347. The second-order valence-corrected chi connectivity index (χ2v) is 3.61. The second kappa shape index (κ2) is 2.55. The van der Waals surface area contributed by atoms with Crippen LogP contribution in [0.3, 0.4) is 0 Å². The zero-order chi connectivity index (χ0) is 9.47. The fourth-order valence-corrected chi connectivity index (χ4v) is 1.80. The van der Waals surface area contributed by atoms with Crippen LogP contribution in [0.2, 0.25) is 0 Å². The molecule has 1 aliphatic carbocycles. The van der Waals surface area contributed by atoms with Gasteiger partial charge in [-0.3, -0.25) is 9.59 Å². The van der Waals surface area contributed by atoms with Crippen LogP contribution in [0.4, 0.5) is 0 Å². The van der Waals surface area contributed by atoms with E-state index in [4.69, 9.17) is 0 Å². The molecular formula is C10H11NO2. The summed E-state index contributed by atoms with van der Waals surface area (Å²) < 4.78 is 0. The average Bonchev–Trinajstić information content (AvgIpc) is 2.42. The number of amides is 1. The molecule has 1 spiro atoms. The Hall–Kier alpha value is -1.38. The molecule has 1 unspecified atom stereocenters. The predicted octanol–water partition coefficient (Wildman–Crippen LogP) is 0.720. The summed E-state index contributed by atoms with van der Waals surface area (Å²) in [7, 11) is 0. The molecule has 1 N–H and O–H groups in total. The molecular weight excluding hydrogens is 166 g/mol. The summed E-state index contributed by atoms with van der Waals surface area (Å²) >= 11 is 0. The van der Waals surface area contributed by atoms with Crippen molar-refractivity contribution in [3.05, 3.63) is 23.8 Å². The molecule has 1 saturated heterocycles. The number of ketones is 1. The van der Waals surface area contributed by atoms with Gasteiger partial charge in [-0.2, -0.15) is 0 Å². The van der Waals surface area contributed by atoms with Gasteiger partial charge in [0, 0.05) is 6.42 Å². The predicted molar refractivity (Wildman–Crippen MR) is 48.0 cm³/mol. The highest BCUT2D eigenvalue weighted by molar-refractivity contribution is 6.05. The molecule has 68 valence electrons. The van der Waals surface area contributed by atoms with Gasteiger partial charge in [0.05, 0.1) is 5.54 Å². The molecule has 2 aliphatic rings. The molecule has 13 heavy (non-hydrogen) atoms. The van der Waals surface area contributed by atoms with Crippen LogP contribution in [0.25, 0.3) is 0 Å². The van der Waals surface area contributed by atoms with Gasteiger partial charge < -0.3 is 5.32 Å². The van der Waals surface area contributed by atoms with Gasteiger partial charge in [0.2, 0.25) is 5.91 Å². The van der Waals surface area contributed by atoms with Gasteiger partial charge in [-0.25, -0.2) is 0 Å². The van der Waals surface area contributed by atoms with E-state index in [0.717, 1.165) is 6.42 Å². The van der Waals surface area contributed by atoms with Crippen LogP contribution < -0.4 is 5.32 Å². The van der Waals surface area contributed by atoms with Crippen LogP contribution in [0.15, 0.2) is 23.8 Å². The Morgan fingerprint density at radius 1 is 1.46 bits per heavy atom. The number of hydrogen-bond acceptors (Lipinski definition) is 2. The van der Waals surface area contributed by atoms with Crippen molar-refractivity contribution in [2.45, 2.75) is 25.3 Å². The highest BCUT2D eigenvalue weighted by Crippen LogP contribution is 2.27. The van der Waals surface area contributed by atoms with Gasteiger partial charge in [0.25, 0.3) is 0 Å². The minimum atomic E-state index is -0.366. The molecule has 0 radical (unpaired) electrons. The largest absolute Gasteiger partial charge is 0.344 e. The summed E-state index contributed by atoms with van der Waals surface area (Å²) in [4.78, 5) is 22.2. The van der Waals surface area contributed by atoms with Gasteiger partial charge in [-0.05, 0) is 31.1 Å². The fourth-order valence-electron chi connectivity index (χ4n) is 1.80. The summed E-state index contributed by atoms with van der Waals surface area (Å²) in [6.07, 6.45) is 6.48. The third-order valence-electron chi connectivity index (χ3n) is 2.53. The molecule has 0 saturated carbocycles. The van der Waals surface area contributed by atoms with Crippen LogP contribution in [-0.4, -0.2) is 17.2 Å². The zero-order valence-corrected chi connectivity index (χ0v) is 7.46. The van der Waals surface area contributed by atoms with Crippen molar-refractivity contribution in [1.82, 2.24) is 5.32 Å². The highest BCUT2D eigenvalue weighted by Gasteiger charge is 2.35. The SMILES string of the molecule is CC1=CC2(C=CC1=O)CCC(=O)N2. The molecule has 1 heterocycles. The topological polar surface area (TPSA) is 46.2 Å². The molecule has 0 aromatic heterocycles. The summed E-state index contributed by atoms with van der Waals surface area (Å²) in [6, 6.07) is 0. The maximum Gasteiger partial charge on any atom is 0.221 e. The zero-order valence-electron chi connectivity index (χ0n) is 7.46. The van der Waals surface area contributed by atoms with Crippen molar-refractivity contribution in [2.24, 2.45) is 0 Å². The summed E-state index contributed by atoms with van der Waals surface area (Å²) in [5.74, 6) is 0.0924. The number of carbonyl (C=O) groups excluding carboxylic acids is 2. The van der Waals surface area contributed by atoms with Crippen LogP contribution in [0.5, 0.6) is 0 Å². The molecule has 1 aliphatic heterocycles. The quantitative estimate of drug-likeness (QED) is 0.592. The third kappa shape index (κ3) is 1.30. The molecule has 0 bridgehead atoms. The number of rotatable bonds is 0. The van der Waals surface area contributed by atoms with Crippen molar-refractivity contribution in [3.8, 4) is 0 Å². The normalized spacial score (nSPS) is 32.2. The molecule has 3 heteroatoms. The average molecular weight is 177 g/mol. The van der Waals surface area contributed by atoms with E-state index in [1.165, 1.54) is 0 Å². The summed E-state index contributed by atoms with van der Waals surface area (Å²) in [6.45, 7) is 1.78. The lowest BCUT2D eigenvalue weighted by Gasteiger charge is -2.24. The number of hydrogen-bond donors (Lipinski definition) is 1. The molecule has 1 fully saturated rings. The van der Waals surface area contributed by atoms with Crippen molar-refractivity contribution < 1.29 is 9.59 Å². The standard InChI is InChI=1S/C10H11NO2/c1-7-6-10(4-2-8(7)12)5-3-9(13)11-10/h2,4,6H,3,5H2,1H3,(H,11,13). The third-order valence-corrected chi connectivity index (χ3v) is 2.53. The molecule has 1 atom stereocenters. The number of carbonyl (C=O) groups is 2. The van der Waals surface area contributed by atoms with Crippen LogP contribution in [0.1, 0.15) is 19.8 Å². The Balaban J connectivity index is 2.32. The van der Waals surface area contributed by atoms with E-state index in [9.17, 15) is 9.59 Å². The Labute approximate surface area is 76.5 Å². The Kier molecular flexibility index (Phi) is 1.62. The lowest BCUT2D eigenvalue weighted by molar-refractivity contribution is -0.119. The first kappa shape index (κ1) is 8.23. The van der Waals surface area contributed by atoms with Crippen molar-refractivity contribution in [1.29, 1.82) is 0 Å². The van der Waals surface area contributed by atoms with Crippen molar-refractivity contribution >= 4 is 11.7 Å². The van der Waals surface area contributed by atoms with E-state index >= 15 is 0 Å². The van der Waals surface area contributed by atoms with E-state index in [1.54, 1.807) is 19.1 Å². The minimum Gasteiger partial charge on any atom is -0.344 e. The van der Waals surface area contributed by atoms with Gasteiger partial charge >= 0.3 is 0 Å². The highest BCUT2D eigenvalue weighted by atomic mass is 16.2. The van der Waals surface area contributed by atoms with Crippen molar-refractivity contribution in [3.63, 3.8) is 0 Å². The van der Waals surface area contributed by atoms with E-state index in [0.29, 0.717) is 12.0 Å². The molecule has 0 aromatic carbocycles. The summed E-state index contributed by atoms with van der Waals surface area (Å²) in [5, 5.41) is 2.87. The van der Waals surface area contributed by atoms with Crippen LogP contribution in [-0.2, 0) is 9.59 Å². The maximum atomic E-state index is 11.1. The van der Waals surface area contributed by atoms with Crippen LogP contribution >= 0.6 is 0 Å². The van der Waals surface area contributed by atoms with E-state index in [-0.39, 0.29) is 17.2 Å². The van der Waals surface area contributed by atoms with E-state index < -0.39 is 0 Å². The molecule has 3 nitrogen and oxygen atoms in total. The molecule has 2 rings (SSSR count). The molecule has 0 aromatic rings. The van der Waals surface area contributed by atoms with E-state index in [1.807, 2.05) is 6.08 Å².